The summed E-state index contributed by atoms with van der Waals surface area (Å²) < 4.78 is 5.28. The van der Waals surface area contributed by atoms with Crippen LogP contribution in [0.4, 0.5) is 0 Å². The highest BCUT2D eigenvalue weighted by molar-refractivity contribution is 6.18. The maximum Gasteiger partial charge on any atom is 0.258 e. The number of carbonyl (C=O) groups is 1. The van der Waals surface area contributed by atoms with Crippen LogP contribution in [0.15, 0.2) is 24.3 Å². The van der Waals surface area contributed by atoms with E-state index >= 15 is 0 Å². The van der Waals surface area contributed by atoms with Gasteiger partial charge in [0.25, 0.3) is 5.91 Å². The van der Waals surface area contributed by atoms with Crippen LogP contribution in [0.3, 0.4) is 0 Å². The van der Waals surface area contributed by atoms with Crippen LogP contribution in [0, 0.1) is 0 Å². The number of halogens is 1. The van der Waals surface area contributed by atoms with Crippen molar-refractivity contribution in [1.82, 2.24) is 4.90 Å². The first-order chi connectivity index (χ1) is 8.24. The molecule has 17 heavy (non-hydrogen) atoms. The summed E-state index contributed by atoms with van der Waals surface area (Å²) in [6.45, 7) is 1.46. The van der Waals surface area contributed by atoms with Crippen molar-refractivity contribution in [3.05, 3.63) is 29.8 Å². The van der Waals surface area contributed by atoms with E-state index in [9.17, 15) is 9.90 Å². The van der Waals surface area contributed by atoms with Crippen molar-refractivity contribution in [2.45, 2.75) is 6.04 Å². The fourth-order valence-corrected chi connectivity index (χ4v) is 2.11. The molecule has 1 saturated heterocycles. The fourth-order valence-electron chi connectivity index (χ4n) is 1.86. The van der Waals surface area contributed by atoms with Crippen LogP contribution in [0.1, 0.15) is 10.4 Å². The Balaban J connectivity index is 2.21. The maximum atomic E-state index is 12.2. The number of aromatic hydroxyl groups is 1. The van der Waals surface area contributed by atoms with E-state index in [0.717, 1.165) is 0 Å². The zero-order valence-electron chi connectivity index (χ0n) is 9.30. The highest BCUT2D eigenvalue weighted by Gasteiger charge is 2.28. The summed E-state index contributed by atoms with van der Waals surface area (Å²) in [6, 6.07) is 6.40. The molecule has 1 atom stereocenters. The number of morpholine rings is 1. The van der Waals surface area contributed by atoms with Gasteiger partial charge >= 0.3 is 0 Å². The van der Waals surface area contributed by atoms with Crippen LogP contribution in [0.2, 0.25) is 0 Å². The molecule has 1 aliphatic heterocycles. The molecule has 2 rings (SSSR count). The van der Waals surface area contributed by atoms with Crippen molar-refractivity contribution in [3.8, 4) is 5.75 Å². The second-order valence-electron chi connectivity index (χ2n) is 3.90. The van der Waals surface area contributed by atoms with Crippen LogP contribution >= 0.6 is 11.6 Å². The molecule has 0 radical (unpaired) electrons. The number of carbonyl (C=O) groups excluding carboxylic acids is 1. The average Bonchev–Trinajstić information content (AvgIpc) is 2.38. The quantitative estimate of drug-likeness (QED) is 0.815. The number of alkyl halides is 1. The Morgan fingerprint density at radius 1 is 1.53 bits per heavy atom. The Kier molecular flexibility index (Phi) is 3.86. The van der Waals surface area contributed by atoms with Crippen molar-refractivity contribution in [2.24, 2.45) is 0 Å². The molecule has 4 nitrogen and oxygen atoms in total. The summed E-state index contributed by atoms with van der Waals surface area (Å²) in [5.74, 6) is 0.133. The fraction of sp³-hybridized carbons (Fsp3) is 0.417. The van der Waals surface area contributed by atoms with Crippen LogP contribution in [-0.2, 0) is 4.74 Å². The number of ether oxygens (including phenoxy) is 1. The van der Waals surface area contributed by atoms with Crippen LogP contribution in [0.5, 0.6) is 5.75 Å². The normalized spacial score (nSPS) is 20.3. The number of hydrogen-bond donors (Lipinski definition) is 1. The minimum Gasteiger partial charge on any atom is -0.507 e. The number of rotatable bonds is 2. The van der Waals surface area contributed by atoms with E-state index in [1.54, 1.807) is 23.1 Å². The van der Waals surface area contributed by atoms with Gasteiger partial charge in [-0.15, -0.1) is 11.6 Å². The third kappa shape index (κ3) is 2.53. The molecule has 1 amide bonds. The lowest BCUT2D eigenvalue weighted by Crippen LogP contribution is -2.49. The molecule has 1 aromatic carbocycles. The van der Waals surface area contributed by atoms with Crippen molar-refractivity contribution >= 4 is 17.5 Å². The lowest BCUT2D eigenvalue weighted by atomic mass is 10.1. The molecule has 1 N–H and O–H groups in total. The lowest BCUT2D eigenvalue weighted by Gasteiger charge is -2.34. The van der Waals surface area contributed by atoms with Gasteiger partial charge in [-0.1, -0.05) is 12.1 Å². The van der Waals surface area contributed by atoms with Gasteiger partial charge in [-0.3, -0.25) is 4.79 Å². The Bertz CT molecular complexity index is 410. The first-order valence-corrected chi connectivity index (χ1v) is 6.00. The highest BCUT2D eigenvalue weighted by atomic mass is 35.5. The molecule has 0 spiro atoms. The lowest BCUT2D eigenvalue weighted by molar-refractivity contribution is 0.00441. The average molecular weight is 256 g/mol. The van der Waals surface area contributed by atoms with Crippen LogP contribution < -0.4 is 0 Å². The molecule has 1 fully saturated rings. The van der Waals surface area contributed by atoms with Gasteiger partial charge in [-0.05, 0) is 12.1 Å². The van der Waals surface area contributed by atoms with E-state index in [1.807, 2.05) is 0 Å². The zero-order chi connectivity index (χ0) is 12.3. The summed E-state index contributed by atoms with van der Waals surface area (Å²) in [7, 11) is 0. The molecule has 5 heteroatoms. The first kappa shape index (κ1) is 12.2. The van der Waals surface area contributed by atoms with E-state index in [-0.39, 0.29) is 17.7 Å². The molecular formula is C12H14ClNO3. The monoisotopic (exact) mass is 255 g/mol. The number of hydrogen-bond acceptors (Lipinski definition) is 3. The molecule has 1 heterocycles. The van der Waals surface area contributed by atoms with Gasteiger partial charge in [0.2, 0.25) is 0 Å². The number of nitrogens with zero attached hydrogens (tertiary/aromatic N) is 1. The van der Waals surface area contributed by atoms with Gasteiger partial charge in [-0.2, -0.15) is 0 Å². The third-order valence-electron chi connectivity index (χ3n) is 2.80. The summed E-state index contributed by atoms with van der Waals surface area (Å²) >= 11 is 5.81. The molecule has 1 aliphatic rings. The molecule has 0 aromatic heterocycles. The second-order valence-corrected chi connectivity index (χ2v) is 4.21. The van der Waals surface area contributed by atoms with Gasteiger partial charge in [0, 0.05) is 12.4 Å². The molecular weight excluding hydrogens is 242 g/mol. The minimum absolute atomic E-state index is 0.00249. The number of amides is 1. The van der Waals surface area contributed by atoms with Crippen LogP contribution in [0.25, 0.3) is 0 Å². The SMILES string of the molecule is O=C(c1ccccc1O)N1CCOCC1CCl. The predicted octanol–water partition coefficient (Wildman–Crippen LogP) is 1.47. The summed E-state index contributed by atoms with van der Waals surface area (Å²) in [5.41, 5.74) is 0.310. The second kappa shape index (κ2) is 5.38. The Morgan fingerprint density at radius 2 is 2.29 bits per heavy atom. The first-order valence-electron chi connectivity index (χ1n) is 5.46. The van der Waals surface area contributed by atoms with Gasteiger partial charge in [0.15, 0.2) is 0 Å². The molecule has 0 saturated carbocycles. The zero-order valence-corrected chi connectivity index (χ0v) is 10.1. The predicted molar refractivity (Wildman–Crippen MR) is 64.5 cm³/mol. The van der Waals surface area contributed by atoms with Gasteiger partial charge < -0.3 is 14.7 Å². The van der Waals surface area contributed by atoms with E-state index in [1.165, 1.54) is 6.07 Å². The van der Waals surface area contributed by atoms with Gasteiger partial charge in [-0.25, -0.2) is 0 Å². The summed E-state index contributed by atoms with van der Waals surface area (Å²) in [5, 5.41) is 9.66. The molecule has 1 unspecified atom stereocenters. The molecule has 92 valence electrons. The van der Waals surface area contributed by atoms with E-state index in [4.69, 9.17) is 16.3 Å². The Morgan fingerprint density at radius 3 is 3.00 bits per heavy atom. The van der Waals surface area contributed by atoms with Gasteiger partial charge in [0.05, 0.1) is 24.8 Å². The van der Waals surface area contributed by atoms with Crippen molar-refractivity contribution in [3.63, 3.8) is 0 Å². The van der Waals surface area contributed by atoms with Crippen molar-refractivity contribution in [1.29, 1.82) is 0 Å². The van der Waals surface area contributed by atoms with Gasteiger partial charge in [0.1, 0.15) is 5.75 Å². The Labute approximate surface area is 105 Å². The third-order valence-corrected chi connectivity index (χ3v) is 3.16. The number of benzene rings is 1. The summed E-state index contributed by atoms with van der Waals surface area (Å²) in [4.78, 5) is 13.9. The highest BCUT2D eigenvalue weighted by Crippen LogP contribution is 2.20. The smallest absolute Gasteiger partial charge is 0.258 e. The topological polar surface area (TPSA) is 49.8 Å². The standard InChI is InChI=1S/C12H14ClNO3/c13-7-9-8-17-6-5-14(9)12(16)10-3-1-2-4-11(10)15/h1-4,9,15H,5-8H2. The molecule has 0 bridgehead atoms. The Hall–Kier alpha value is -1.26. The van der Waals surface area contributed by atoms with Crippen LogP contribution in [-0.4, -0.2) is 47.6 Å². The summed E-state index contributed by atoms with van der Waals surface area (Å²) in [6.07, 6.45) is 0. The number of para-hydroxylation sites is 1. The molecule has 1 aromatic rings. The molecule has 0 aliphatic carbocycles. The largest absolute Gasteiger partial charge is 0.507 e. The minimum atomic E-state index is -0.197. The van der Waals surface area contributed by atoms with Crippen molar-refractivity contribution in [2.75, 3.05) is 25.6 Å². The van der Waals surface area contributed by atoms with E-state index in [0.29, 0.717) is 31.2 Å². The van der Waals surface area contributed by atoms with E-state index < -0.39 is 0 Å². The maximum absolute atomic E-state index is 12.2. The number of phenols is 1. The van der Waals surface area contributed by atoms with Crippen molar-refractivity contribution < 1.29 is 14.6 Å². The number of phenolic OH excluding ortho intramolecular Hbond substituents is 1. The van der Waals surface area contributed by atoms with E-state index in [2.05, 4.69) is 0 Å².